The van der Waals surface area contributed by atoms with E-state index in [4.69, 9.17) is 19.3 Å². The van der Waals surface area contributed by atoms with Crippen LogP contribution in [0.4, 0.5) is 0 Å². The number of carbonyl (C=O) groups excluding carboxylic acids is 2. The van der Waals surface area contributed by atoms with Crippen LogP contribution in [0, 0.1) is 0 Å². The Morgan fingerprint density at radius 2 is 0.896 bits per heavy atom. The van der Waals surface area contributed by atoms with E-state index in [1.807, 2.05) is 0 Å². The third-order valence-corrected chi connectivity index (χ3v) is 8.93. The van der Waals surface area contributed by atoms with E-state index in [1.165, 1.54) is 116 Å². The van der Waals surface area contributed by atoms with Gasteiger partial charge in [-0.1, -0.05) is 147 Å². The van der Waals surface area contributed by atoms with Crippen LogP contribution in [-0.2, 0) is 28.2 Å². The second-order valence-corrected chi connectivity index (χ2v) is 14.5. The van der Waals surface area contributed by atoms with E-state index in [1.54, 1.807) is 0 Å². The summed E-state index contributed by atoms with van der Waals surface area (Å²) >= 11 is 0. The van der Waals surface area contributed by atoms with Gasteiger partial charge in [0.05, 0.1) is 6.61 Å². The molecule has 0 aromatic carbocycles. The van der Waals surface area contributed by atoms with Crippen LogP contribution in [-0.4, -0.2) is 41.0 Å². The van der Waals surface area contributed by atoms with Crippen molar-refractivity contribution in [3.05, 3.63) is 24.3 Å². The third kappa shape index (κ3) is 37.4. The van der Waals surface area contributed by atoms with E-state index in [0.29, 0.717) is 6.42 Å². The maximum Gasteiger partial charge on any atom is 0.469 e. The first-order valence-electron chi connectivity index (χ1n) is 19.6. The molecule has 2 N–H and O–H groups in total. The highest BCUT2D eigenvalue weighted by Gasteiger charge is 2.22. The summed E-state index contributed by atoms with van der Waals surface area (Å²) in [6.07, 6.45) is 38.9. The van der Waals surface area contributed by atoms with E-state index < -0.39 is 32.5 Å². The van der Waals surface area contributed by atoms with Crippen molar-refractivity contribution < 1.29 is 37.9 Å². The molecule has 0 unspecified atom stereocenters. The highest BCUT2D eigenvalue weighted by atomic mass is 31.2. The molecule has 282 valence electrons. The number of phosphoric ester groups is 1. The molecule has 0 saturated heterocycles. The Labute approximate surface area is 294 Å². The van der Waals surface area contributed by atoms with E-state index in [-0.39, 0.29) is 19.4 Å². The molecule has 0 radical (unpaired) electrons. The fraction of sp³-hybridized carbons (Fsp3) is 0.846. The van der Waals surface area contributed by atoms with Gasteiger partial charge in [0.15, 0.2) is 6.10 Å². The van der Waals surface area contributed by atoms with Crippen molar-refractivity contribution in [1.29, 1.82) is 0 Å². The summed E-state index contributed by atoms with van der Waals surface area (Å²) in [6, 6.07) is 0. The van der Waals surface area contributed by atoms with Crippen molar-refractivity contribution in [2.24, 2.45) is 0 Å². The standard InChI is InChI=1S/C39H73O8P/c1-3-5-7-9-11-13-15-17-19-21-23-25-27-29-31-33-38(40)45-35-37(36-46-48(42,43)44)47-39(41)34-32-30-28-26-24-22-20-18-16-14-12-10-8-6-4-2/h9,11,14,16,37H,3-8,10,12-13,15,17-36H2,1-2H3,(H2,42,43,44)/b11-9+,16-14+/t37-/m1/s1. The number of phosphoric acid groups is 1. The van der Waals surface area contributed by atoms with Crippen LogP contribution in [0.5, 0.6) is 0 Å². The van der Waals surface area contributed by atoms with Gasteiger partial charge >= 0.3 is 19.8 Å². The zero-order valence-electron chi connectivity index (χ0n) is 30.9. The molecule has 0 aromatic rings. The number of carbonyl (C=O) groups is 2. The number of hydrogen-bond acceptors (Lipinski definition) is 6. The normalized spacial score (nSPS) is 12.7. The van der Waals surface area contributed by atoms with Crippen LogP contribution < -0.4 is 0 Å². The third-order valence-electron chi connectivity index (χ3n) is 8.44. The highest BCUT2D eigenvalue weighted by molar-refractivity contribution is 7.46. The van der Waals surface area contributed by atoms with Crippen molar-refractivity contribution in [2.75, 3.05) is 13.2 Å². The predicted octanol–water partition coefficient (Wildman–Crippen LogP) is 11.6. The second kappa shape index (κ2) is 35.4. The average Bonchev–Trinajstić information content (AvgIpc) is 3.05. The quantitative estimate of drug-likeness (QED) is 0.0287. The Morgan fingerprint density at radius 3 is 1.33 bits per heavy atom. The molecule has 0 fully saturated rings. The van der Waals surface area contributed by atoms with Gasteiger partial charge in [-0.2, -0.15) is 0 Å². The molecule has 0 rings (SSSR count). The molecule has 8 nitrogen and oxygen atoms in total. The van der Waals surface area contributed by atoms with E-state index in [9.17, 15) is 14.2 Å². The first-order chi connectivity index (χ1) is 23.3. The Hall–Kier alpha value is -1.47. The molecule has 0 aliphatic carbocycles. The first-order valence-corrected chi connectivity index (χ1v) is 21.2. The van der Waals surface area contributed by atoms with Gasteiger partial charge < -0.3 is 19.3 Å². The Balaban J connectivity index is 3.94. The second-order valence-electron chi connectivity index (χ2n) is 13.2. The van der Waals surface area contributed by atoms with Gasteiger partial charge in [0.2, 0.25) is 0 Å². The SMILES string of the molecule is CCCC/C=C/CCCCCCCCCCCC(=O)OC[C@H](COP(=O)(O)O)OC(=O)CCCCCCCCC/C=C/CCCCCC. The summed E-state index contributed by atoms with van der Waals surface area (Å²) < 4.78 is 26.3. The summed E-state index contributed by atoms with van der Waals surface area (Å²) in [7, 11) is -4.75. The lowest BCUT2D eigenvalue weighted by atomic mass is 10.1. The Kier molecular flexibility index (Phi) is 34.3. The maximum atomic E-state index is 12.4. The summed E-state index contributed by atoms with van der Waals surface area (Å²) in [5.41, 5.74) is 0. The molecular weight excluding hydrogens is 627 g/mol. The monoisotopic (exact) mass is 701 g/mol. The molecule has 0 heterocycles. The Morgan fingerprint density at radius 1 is 0.521 bits per heavy atom. The minimum Gasteiger partial charge on any atom is -0.462 e. The fourth-order valence-electron chi connectivity index (χ4n) is 5.47. The average molecular weight is 701 g/mol. The van der Waals surface area contributed by atoms with Crippen LogP contribution in [0.2, 0.25) is 0 Å². The van der Waals surface area contributed by atoms with Gasteiger partial charge in [-0.25, -0.2) is 4.57 Å². The minimum absolute atomic E-state index is 0.208. The summed E-state index contributed by atoms with van der Waals surface area (Å²) in [5, 5.41) is 0. The van der Waals surface area contributed by atoms with Crippen LogP contribution in [0.3, 0.4) is 0 Å². The van der Waals surface area contributed by atoms with Crippen molar-refractivity contribution in [1.82, 2.24) is 0 Å². The largest absolute Gasteiger partial charge is 0.469 e. The van der Waals surface area contributed by atoms with Gasteiger partial charge in [0.1, 0.15) is 6.61 Å². The lowest BCUT2D eigenvalue weighted by molar-refractivity contribution is -0.161. The molecular formula is C39H73O8P. The molecule has 0 aromatic heterocycles. The van der Waals surface area contributed by atoms with Gasteiger partial charge in [0.25, 0.3) is 0 Å². The van der Waals surface area contributed by atoms with Crippen LogP contribution in [0.1, 0.15) is 194 Å². The van der Waals surface area contributed by atoms with E-state index >= 15 is 0 Å². The molecule has 0 bridgehead atoms. The molecule has 9 heteroatoms. The molecule has 0 saturated carbocycles. The highest BCUT2D eigenvalue weighted by Crippen LogP contribution is 2.36. The van der Waals surface area contributed by atoms with Gasteiger partial charge in [-0.05, 0) is 57.8 Å². The number of esters is 2. The van der Waals surface area contributed by atoms with Gasteiger partial charge in [0, 0.05) is 12.8 Å². The van der Waals surface area contributed by atoms with Crippen molar-refractivity contribution in [3.63, 3.8) is 0 Å². The molecule has 0 aliphatic rings. The summed E-state index contributed by atoms with van der Waals surface area (Å²) in [4.78, 5) is 42.7. The number of hydrogen-bond donors (Lipinski definition) is 2. The molecule has 0 amide bonds. The number of rotatable bonds is 36. The minimum atomic E-state index is -4.75. The molecule has 0 aliphatic heterocycles. The fourth-order valence-corrected chi connectivity index (χ4v) is 5.83. The zero-order valence-corrected chi connectivity index (χ0v) is 31.8. The topological polar surface area (TPSA) is 119 Å². The molecule has 1 atom stereocenters. The van der Waals surface area contributed by atoms with Crippen LogP contribution in [0.25, 0.3) is 0 Å². The van der Waals surface area contributed by atoms with Gasteiger partial charge in [-0.3, -0.25) is 14.1 Å². The zero-order chi connectivity index (χ0) is 35.4. The lowest BCUT2D eigenvalue weighted by Crippen LogP contribution is -2.29. The van der Waals surface area contributed by atoms with Gasteiger partial charge in [-0.15, -0.1) is 0 Å². The van der Waals surface area contributed by atoms with E-state index in [2.05, 4.69) is 42.7 Å². The summed E-state index contributed by atoms with van der Waals surface area (Å²) in [5.74, 6) is -0.888. The van der Waals surface area contributed by atoms with Crippen molar-refractivity contribution in [2.45, 2.75) is 200 Å². The van der Waals surface area contributed by atoms with Crippen molar-refractivity contribution >= 4 is 19.8 Å². The number of ether oxygens (including phenoxy) is 2. The van der Waals surface area contributed by atoms with Crippen LogP contribution in [0.15, 0.2) is 24.3 Å². The maximum absolute atomic E-state index is 12.4. The number of allylic oxidation sites excluding steroid dienone is 4. The summed E-state index contributed by atoms with van der Waals surface area (Å²) in [6.45, 7) is 3.64. The Bertz CT molecular complexity index is 838. The van der Waals surface area contributed by atoms with Crippen molar-refractivity contribution in [3.8, 4) is 0 Å². The molecule has 48 heavy (non-hydrogen) atoms. The van der Waals surface area contributed by atoms with Crippen LogP contribution >= 0.6 is 7.82 Å². The first kappa shape index (κ1) is 46.5. The predicted molar refractivity (Wildman–Crippen MR) is 198 cm³/mol. The number of unbranched alkanes of at least 4 members (excludes halogenated alkanes) is 22. The lowest BCUT2D eigenvalue weighted by Gasteiger charge is -2.18. The molecule has 0 spiro atoms. The van der Waals surface area contributed by atoms with E-state index in [0.717, 1.165) is 44.9 Å². The smallest absolute Gasteiger partial charge is 0.462 e.